The lowest BCUT2D eigenvalue weighted by atomic mass is 10.0. The number of hydrogen-bond donors (Lipinski definition) is 2. The van der Waals surface area contributed by atoms with Gasteiger partial charge in [-0.05, 0) is 17.9 Å². The molecule has 2 rings (SSSR count). The van der Waals surface area contributed by atoms with Gasteiger partial charge >= 0.3 is 6.09 Å². The van der Waals surface area contributed by atoms with Crippen molar-refractivity contribution < 1.29 is 14.3 Å². The number of carbonyl (C=O) groups is 2. The summed E-state index contributed by atoms with van der Waals surface area (Å²) in [6.45, 7) is 4.10. The van der Waals surface area contributed by atoms with Gasteiger partial charge in [0.2, 0.25) is 11.0 Å². The van der Waals surface area contributed by atoms with Crippen molar-refractivity contribution in [1.82, 2.24) is 15.5 Å². The van der Waals surface area contributed by atoms with E-state index in [1.54, 1.807) is 0 Å². The van der Waals surface area contributed by atoms with E-state index in [-0.39, 0.29) is 18.4 Å². The van der Waals surface area contributed by atoms with E-state index in [9.17, 15) is 9.59 Å². The van der Waals surface area contributed by atoms with Crippen LogP contribution in [0.2, 0.25) is 0 Å². The molecular weight excluding hydrogens is 328 g/mol. The molecule has 2 amide bonds. The maximum Gasteiger partial charge on any atom is 0.408 e. The molecule has 7 nitrogen and oxygen atoms in total. The number of rotatable bonds is 7. The summed E-state index contributed by atoms with van der Waals surface area (Å²) in [4.78, 5) is 24.3. The summed E-state index contributed by atoms with van der Waals surface area (Å²) in [5, 5.41) is 13.1. The van der Waals surface area contributed by atoms with Crippen LogP contribution in [0.3, 0.4) is 0 Å². The highest BCUT2D eigenvalue weighted by molar-refractivity contribution is 7.13. The lowest BCUT2D eigenvalue weighted by molar-refractivity contribution is -0.118. The van der Waals surface area contributed by atoms with Crippen molar-refractivity contribution in [3.05, 3.63) is 41.4 Å². The molecule has 0 aliphatic carbocycles. The molecule has 0 bridgehead atoms. The molecule has 0 aliphatic rings. The van der Waals surface area contributed by atoms with Crippen LogP contribution in [0, 0.1) is 5.92 Å². The van der Waals surface area contributed by atoms with Gasteiger partial charge in [-0.3, -0.25) is 10.1 Å². The Morgan fingerprint density at radius 2 is 2.00 bits per heavy atom. The summed E-state index contributed by atoms with van der Waals surface area (Å²) in [6.07, 6.45) is -0.137. The second-order valence-electron chi connectivity index (χ2n) is 5.62. The van der Waals surface area contributed by atoms with Gasteiger partial charge in [0.25, 0.3) is 0 Å². The smallest absolute Gasteiger partial charge is 0.408 e. The van der Waals surface area contributed by atoms with E-state index in [1.807, 2.05) is 44.2 Å². The maximum absolute atomic E-state index is 12.3. The van der Waals surface area contributed by atoms with Gasteiger partial charge in [-0.1, -0.05) is 55.5 Å². The minimum atomic E-state index is -0.697. The Morgan fingerprint density at radius 3 is 2.62 bits per heavy atom. The molecule has 1 unspecified atom stereocenters. The Bertz CT molecular complexity index is 647. The standard InChI is InChI=1S/C16H20N4O3S/c1-11(2)8-13(14(21)19-15-20-17-10-24-15)18-16(22)23-9-12-6-4-3-5-7-12/h3-7,10-11,13H,8-9H2,1-2H3,(H,18,22)(H,19,20,21). The van der Waals surface area contributed by atoms with Crippen LogP contribution in [0.1, 0.15) is 25.8 Å². The van der Waals surface area contributed by atoms with Crippen LogP contribution in [-0.2, 0) is 16.1 Å². The zero-order valence-corrected chi connectivity index (χ0v) is 14.4. The van der Waals surface area contributed by atoms with Crippen molar-refractivity contribution in [2.75, 3.05) is 5.32 Å². The zero-order valence-electron chi connectivity index (χ0n) is 13.6. The molecule has 2 aromatic rings. The van der Waals surface area contributed by atoms with Crippen LogP contribution in [0.4, 0.5) is 9.93 Å². The van der Waals surface area contributed by atoms with Crippen LogP contribution >= 0.6 is 11.3 Å². The van der Waals surface area contributed by atoms with Gasteiger partial charge < -0.3 is 10.1 Å². The van der Waals surface area contributed by atoms with Crippen molar-refractivity contribution in [1.29, 1.82) is 0 Å². The van der Waals surface area contributed by atoms with Gasteiger partial charge in [-0.25, -0.2) is 4.79 Å². The van der Waals surface area contributed by atoms with Gasteiger partial charge in [0.05, 0.1) is 0 Å². The third-order valence-electron chi connectivity index (χ3n) is 3.12. The van der Waals surface area contributed by atoms with Crippen molar-refractivity contribution in [3.8, 4) is 0 Å². The van der Waals surface area contributed by atoms with Crippen molar-refractivity contribution in [2.24, 2.45) is 5.92 Å². The predicted molar refractivity (Wildman–Crippen MR) is 91.5 cm³/mol. The molecule has 8 heteroatoms. The normalized spacial score (nSPS) is 11.8. The molecule has 1 heterocycles. The van der Waals surface area contributed by atoms with Gasteiger partial charge in [0.1, 0.15) is 18.2 Å². The summed E-state index contributed by atoms with van der Waals surface area (Å²) in [7, 11) is 0. The molecule has 0 fully saturated rings. The molecule has 128 valence electrons. The molecule has 0 aliphatic heterocycles. The highest BCUT2D eigenvalue weighted by Gasteiger charge is 2.23. The molecule has 0 saturated carbocycles. The SMILES string of the molecule is CC(C)CC(NC(=O)OCc1ccccc1)C(=O)Nc1nncs1. The minimum absolute atomic E-state index is 0.152. The van der Waals surface area contributed by atoms with Gasteiger partial charge in [-0.15, -0.1) is 10.2 Å². The van der Waals surface area contributed by atoms with Crippen LogP contribution in [0.25, 0.3) is 0 Å². The number of ether oxygens (including phenoxy) is 1. The molecule has 1 aromatic heterocycles. The van der Waals surface area contributed by atoms with Crippen LogP contribution in [-0.4, -0.2) is 28.2 Å². The lowest BCUT2D eigenvalue weighted by Crippen LogP contribution is -2.44. The first-order valence-corrected chi connectivity index (χ1v) is 8.47. The molecule has 24 heavy (non-hydrogen) atoms. The highest BCUT2D eigenvalue weighted by Crippen LogP contribution is 2.12. The van der Waals surface area contributed by atoms with Gasteiger partial charge in [0.15, 0.2) is 0 Å². The molecular formula is C16H20N4O3S. The van der Waals surface area contributed by atoms with Gasteiger partial charge in [0, 0.05) is 0 Å². The summed E-state index contributed by atoms with van der Waals surface area (Å²) in [5.74, 6) is -0.110. The second-order valence-corrected chi connectivity index (χ2v) is 6.45. The largest absolute Gasteiger partial charge is 0.445 e. The summed E-state index contributed by atoms with van der Waals surface area (Å²) in [5.41, 5.74) is 2.40. The van der Waals surface area contributed by atoms with Gasteiger partial charge in [-0.2, -0.15) is 0 Å². The fourth-order valence-corrected chi connectivity index (χ4v) is 2.48. The monoisotopic (exact) mass is 348 g/mol. The van der Waals surface area contributed by atoms with E-state index < -0.39 is 12.1 Å². The highest BCUT2D eigenvalue weighted by atomic mass is 32.1. The van der Waals surface area contributed by atoms with E-state index in [4.69, 9.17) is 4.74 Å². The lowest BCUT2D eigenvalue weighted by Gasteiger charge is -2.19. The summed E-state index contributed by atoms with van der Waals surface area (Å²) >= 11 is 1.22. The first-order valence-electron chi connectivity index (χ1n) is 7.59. The predicted octanol–water partition coefficient (Wildman–Crippen LogP) is 2.82. The summed E-state index contributed by atoms with van der Waals surface area (Å²) in [6, 6.07) is 8.65. The number of nitrogens with zero attached hydrogens (tertiary/aromatic N) is 2. The molecule has 0 saturated heterocycles. The van der Waals surface area contributed by atoms with E-state index in [1.165, 1.54) is 16.8 Å². The summed E-state index contributed by atoms with van der Waals surface area (Å²) < 4.78 is 5.17. The molecule has 0 spiro atoms. The Morgan fingerprint density at radius 1 is 1.25 bits per heavy atom. The van der Waals surface area contributed by atoms with E-state index in [0.717, 1.165) is 5.56 Å². The maximum atomic E-state index is 12.3. The van der Waals surface area contributed by atoms with Crippen molar-refractivity contribution in [2.45, 2.75) is 32.9 Å². The first kappa shape index (κ1) is 17.9. The van der Waals surface area contributed by atoms with Crippen molar-refractivity contribution in [3.63, 3.8) is 0 Å². The minimum Gasteiger partial charge on any atom is -0.445 e. The van der Waals surface area contributed by atoms with E-state index in [2.05, 4.69) is 20.8 Å². The Kier molecular flexibility index (Phi) is 6.68. The quantitative estimate of drug-likeness (QED) is 0.802. The number of amides is 2. The topological polar surface area (TPSA) is 93.2 Å². The number of benzene rings is 1. The molecule has 1 aromatic carbocycles. The van der Waals surface area contributed by atoms with Crippen LogP contribution in [0.15, 0.2) is 35.8 Å². The number of alkyl carbamates (subject to hydrolysis) is 1. The Hall–Kier alpha value is -2.48. The number of carbonyl (C=O) groups excluding carboxylic acids is 2. The average molecular weight is 348 g/mol. The second kappa shape index (κ2) is 8.97. The number of anilines is 1. The number of nitrogens with one attached hydrogen (secondary N) is 2. The van der Waals surface area contributed by atoms with Crippen molar-refractivity contribution >= 4 is 28.5 Å². The Labute approximate surface area is 144 Å². The number of hydrogen-bond acceptors (Lipinski definition) is 6. The number of aromatic nitrogens is 2. The van der Waals surface area contributed by atoms with Crippen LogP contribution in [0.5, 0.6) is 0 Å². The Balaban J connectivity index is 1.89. The molecule has 2 N–H and O–H groups in total. The molecule has 0 radical (unpaired) electrons. The third kappa shape index (κ3) is 5.96. The fraction of sp³-hybridized carbons (Fsp3) is 0.375. The van der Waals surface area contributed by atoms with E-state index in [0.29, 0.717) is 11.6 Å². The molecule has 1 atom stereocenters. The first-order chi connectivity index (χ1) is 11.5. The van der Waals surface area contributed by atoms with Crippen LogP contribution < -0.4 is 10.6 Å². The third-order valence-corrected chi connectivity index (χ3v) is 3.73. The average Bonchev–Trinajstić information content (AvgIpc) is 3.06. The fourth-order valence-electron chi connectivity index (χ4n) is 2.03. The van der Waals surface area contributed by atoms with E-state index >= 15 is 0 Å². The zero-order chi connectivity index (χ0) is 17.4.